The molecule has 0 unspecified atom stereocenters. The Labute approximate surface area is 94.1 Å². The molecule has 0 spiro atoms. The fourth-order valence-corrected chi connectivity index (χ4v) is 1.32. The van der Waals surface area contributed by atoms with Crippen molar-refractivity contribution in [3.05, 3.63) is 12.2 Å². The average Bonchev–Trinajstić information content (AvgIpc) is 2.00. The van der Waals surface area contributed by atoms with Crippen LogP contribution in [0.4, 0.5) is 0 Å². The maximum Gasteiger partial charge on any atom is 0.220 e. The van der Waals surface area contributed by atoms with E-state index >= 15 is 0 Å². The largest absolute Gasteiger partial charge is 0.354 e. The van der Waals surface area contributed by atoms with E-state index in [0.717, 1.165) is 6.42 Å². The first-order valence-electron chi connectivity index (χ1n) is 5.87. The molecule has 1 N–H and O–H groups in total. The predicted molar refractivity (Wildman–Crippen MR) is 65.7 cm³/mol. The van der Waals surface area contributed by atoms with Crippen LogP contribution in [0.25, 0.3) is 0 Å². The molecule has 0 saturated carbocycles. The molecule has 1 atom stereocenters. The first-order chi connectivity index (χ1) is 6.91. The molecule has 0 saturated heterocycles. The van der Waals surface area contributed by atoms with E-state index in [1.165, 1.54) is 0 Å². The normalized spacial score (nSPS) is 13.8. The summed E-state index contributed by atoms with van der Waals surface area (Å²) in [6.07, 6.45) is 6.00. The highest BCUT2D eigenvalue weighted by atomic mass is 16.1. The van der Waals surface area contributed by atoms with Gasteiger partial charge in [0.2, 0.25) is 5.91 Å². The Kier molecular flexibility index (Phi) is 7.10. The van der Waals surface area contributed by atoms with Crippen molar-refractivity contribution >= 4 is 5.91 Å². The van der Waals surface area contributed by atoms with Crippen LogP contribution >= 0.6 is 0 Å². The minimum atomic E-state index is 0.145. The molecule has 0 heterocycles. The molecular weight excluding hydrogens is 186 g/mol. The summed E-state index contributed by atoms with van der Waals surface area (Å²) in [5, 5.41) is 2.90. The number of allylic oxidation sites excluding steroid dienone is 2. The van der Waals surface area contributed by atoms with E-state index in [1.807, 2.05) is 13.8 Å². The summed E-state index contributed by atoms with van der Waals surface area (Å²) in [5.74, 6) is 1.17. The molecule has 0 bridgehead atoms. The monoisotopic (exact) mass is 211 g/mol. The first kappa shape index (κ1) is 14.2. The number of carbonyl (C=O) groups is 1. The van der Waals surface area contributed by atoms with Gasteiger partial charge >= 0.3 is 0 Å². The third-order valence-corrected chi connectivity index (χ3v) is 2.03. The van der Waals surface area contributed by atoms with Crippen LogP contribution < -0.4 is 5.32 Å². The Morgan fingerprint density at radius 2 is 1.80 bits per heavy atom. The fourth-order valence-electron chi connectivity index (χ4n) is 1.32. The Hall–Kier alpha value is -0.790. The van der Waals surface area contributed by atoms with E-state index in [9.17, 15) is 4.79 Å². The van der Waals surface area contributed by atoms with Crippen molar-refractivity contribution in [2.24, 2.45) is 11.8 Å². The van der Waals surface area contributed by atoms with Crippen LogP contribution in [-0.2, 0) is 4.79 Å². The van der Waals surface area contributed by atoms with E-state index in [1.54, 1.807) is 0 Å². The van der Waals surface area contributed by atoms with Gasteiger partial charge in [0.25, 0.3) is 0 Å². The van der Waals surface area contributed by atoms with Gasteiger partial charge in [-0.3, -0.25) is 4.79 Å². The zero-order valence-corrected chi connectivity index (χ0v) is 10.7. The van der Waals surface area contributed by atoms with Crippen LogP contribution in [0.15, 0.2) is 12.2 Å². The minimum absolute atomic E-state index is 0.145. The van der Waals surface area contributed by atoms with Gasteiger partial charge in [0.15, 0.2) is 0 Å². The SMILES string of the molecule is CC(C)C/C=C/[C@H](C)CC(=O)NC(C)C. The van der Waals surface area contributed by atoms with Gasteiger partial charge in [0.1, 0.15) is 0 Å². The quantitative estimate of drug-likeness (QED) is 0.672. The second-order valence-electron chi connectivity index (χ2n) is 4.96. The first-order valence-corrected chi connectivity index (χ1v) is 5.87. The van der Waals surface area contributed by atoms with Crippen molar-refractivity contribution in [1.29, 1.82) is 0 Å². The van der Waals surface area contributed by atoms with E-state index in [4.69, 9.17) is 0 Å². The van der Waals surface area contributed by atoms with Gasteiger partial charge in [-0.25, -0.2) is 0 Å². The zero-order valence-electron chi connectivity index (χ0n) is 10.7. The molecule has 2 heteroatoms. The Bertz CT molecular complexity index is 207. The lowest BCUT2D eigenvalue weighted by atomic mass is 10.0. The molecule has 15 heavy (non-hydrogen) atoms. The van der Waals surface area contributed by atoms with E-state index < -0.39 is 0 Å². The Morgan fingerprint density at radius 1 is 1.20 bits per heavy atom. The molecule has 0 rings (SSSR count). The number of rotatable bonds is 6. The van der Waals surface area contributed by atoms with Gasteiger partial charge in [0.05, 0.1) is 0 Å². The summed E-state index contributed by atoms with van der Waals surface area (Å²) in [6, 6.07) is 0.240. The van der Waals surface area contributed by atoms with Crippen LogP contribution in [0.2, 0.25) is 0 Å². The van der Waals surface area contributed by atoms with E-state index in [0.29, 0.717) is 18.3 Å². The average molecular weight is 211 g/mol. The second-order valence-corrected chi connectivity index (χ2v) is 4.96. The molecule has 88 valence electrons. The van der Waals surface area contributed by atoms with Crippen molar-refractivity contribution in [3.8, 4) is 0 Å². The summed E-state index contributed by atoms with van der Waals surface area (Å²) in [4.78, 5) is 11.4. The standard InChI is InChI=1S/C13H25NO/c1-10(2)7-6-8-12(5)9-13(15)14-11(3)4/h6,8,10-12H,7,9H2,1-5H3,(H,14,15)/b8-6+/t12-/m0/s1. The summed E-state index contributed by atoms with van der Waals surface area (Å²) < 4.78 is 0. The van der Waals surface area contributed by atoms with Crippen molar-refractivity contribution < 1.29 is 4.79 Å². The number of carbonyl (C=O) groups excluding carboxylic acids is 1. The molecule has 0 aliphatic carbocycles. The highest BCUT2D eigenvalue weighted by Crippen LogP contribution is 2.07. The summed E-state index contributed by atoms with van der Waals surface area (Å²) in [6.45, 7) is 10.4. The van der Waals surface area contributed by atoms with E-state index in [-0.39, 0.29) is 11.9 Å². The summed E-state index contributed by atoms with van der Waals surface area (Å²) in [7, 11) is 0. The predicted octanol–water partition coefficient (Wildman–Crippen LogP) is 3.14. The lowest BCUT2D eigenvalue weighted by Gasteiger charge is -2.10. The highest BCUT2D eigenvalue weighted by molar-refractivity contribution is 5.76. The molecule has 0 fully saturated rings. The van der Waals surface area contributed by atoms with Gasteiger partial charge in [-0.2, -0.15) is 0 Å². The van der Waals surface area contributed by atoms with Crippen LogP contribution in [0.5, 0.6) is 0 Å². The lowest BCUT2D eigenvalue weighted by molar-refractivity contribution is -0.122. The van der Waals surface area contributed by atoms with E-state index in [2.05, 4.69) is 38.2 Å². The van der Waals surface area contributed by atoms with Crippen molar-refractivity contribution in [2.75, 3.05) is 0 Å². The zero-order chi connectivity index (χ0) is 11.8. The van der Waals surface area contributed by atoms with Gasteiger partial charge in [0, 0.05) is 12.5 Å². The Morgan fingerprint density at radius 3 is 2.27 bits per heavy atom. The molecule has 0 aromatic heterocycles. The van der Waals surface area contributed by atoms with Crippen molar-refractivity contribution in [2.45, 2.75) is 53.5 Å². The molecule has 0 aliphatic rings. The number of hydrogen-bond acceptors (Lipinski definition) is 1. The van der Waals surface area contributed by atoms with Crippen LogP contribution in [0, 0.1) is 11.8 Å². The van der Waals surface area contributed by atoms with Gasteiger partial charge in [-0.05, 0) is 32.1 Å². The highest BCUT2D eigenvalue weighted by Gasteiger charge is 2.06. The molecule has 0 aromatic rings. The van der Waals surface area contributed by atoms with Crippen LogP contribution in [-0.4, -0.2) is 11.9 Å². The Balaban J connectivity index is 3.77. The van der Waals surface area contributed by atoms with Gasteiger partial charge in [-0.15, -0.1) is 0 Å². The summed E-state index contributed by atoms with van der Waals surface area (Å²) in [5.41, 5.74) is 0. The third-order valence-electron chi connectivity index (χ3n) is 2.03. The maximum absolute atomic E-state index is 11.4. The number of nitrogens with one attached hydrogen (secondary N) is 1. The van der Waals surface area contributed by atoms with Crippen molar-refractivity contribution in [3.63, 3.8) is 0 Å². The van der Waals surface area contributed by atoms with Crippen LogP contribution in [0.3, 0.4) is 0 Å². The number of hydrogen-bond donors (Lipinski definition) is 1. The molecule has 0 radical (unpaired) electrons. The van der Waals surface area contributed by atoms with Gasteiger partial charge < -0.3 is 5.32 Å². The second kappa shape index (κ2) is 7.49. The van der Waals surface area contributed by atoms with Gasteiger partial charge in [-0.1, -0.05) is 32.9 Å². The third kappa shape index (κ3) is 9.51. The molecule has 2 nitrogen and oxygen atoms in total. The fraction of sp³-hybridized carbons (Fsp3) is 0.769. The lowest BCUT2D eigenvalue weighted by Crippen LogP contribution is -2.30. The summed E-state index contributed by atoms with van der Waals surface area (Å²) >= 11 is 0. The molecule has 0 aliphatic heterocycles. The molecule has 1 amide bonds. The minimum Gasteiger partial charge on any atom is -0.354 e. The topological polar surface area (TPSA) is 29.1 Å². The molecule has 0 aromatic carbocycles. The molecular formula is C13H25NO. The smallest absolute Gasteiger partial charge is 0.220 e. The van der Waals surface area contributed by atoms with Crippen molar-refractivity contribution in [1.82, 2.24) is 5.32 Å². The van der Waals surface area contributed by atoms with Crippen LogP contribution in [0.1, 0.15) is 47.5 Å². The maximum atomic E-state index is 11.4. The number of amides is 1.